The standard InChI is InChI=1S/C16H21N3O2/c1-4-7-14-18-15(17-3)11(2)16(19-14)21-13-9-6-5-8-12(13)10-20/h5-6,8-9,20H,4,7,10H2,1-3H3,(H,17,18,19). The van der Waals surface area contributed by atoms with E-state index in [9.17, 15) is 5.11 Å². The molecule has 2 rings (SSSR count). The fraction of sp³-hybridized carbons (Fsp3) is 0.375. The first-order valence-electron chi connectivity index (χ1n) is 7.11. The molecule has 1 aromatic carbocycles. The highest BCUT2D eigenvalue weighted by molar-refractivity contribution is 5.49. The van der Waals surface area contributed by atoms with E-state index >= 15 is 0 Å². The number of benzene rings is 1. The van der Waals surface area contributed by atoms with Gasteiger partial charge in [0.15, 0.2) is 0 Å². The molecule has 0 aliphatic rings. The monoisotopic (exact) mass is 287 g/mol. The number of hydrogen-bond donors (Lipinski definition) is 2. The predicted octanol–water partition coefficient (Wildman–Crippen LogP) is 3.06. The van der Waals surface area contributed by atoms with Crippen LogP contribution >= 0.6 is 0 Å². The van der Waals surface area contributed by atoms with Crippen molar-refractivity contribution in [3.63, 3.8) is 0 Å². The van der Waals surface area contributed by atoms with Crippen molar-refractivity contribution in [1.82, 2.24) is 9.97 Å². The maximum atomic E-state index is 9.38. The molecule has 0 unspecified atom stereocenters. The van der Waals surface area contributed by atoms with Crippen molar-refractivity contribution >= 4 is 5.82 Å². The van der Waals surface area contributed by atoms with E-state index < -0.39 is 0 Å². The van der Waals surface area contributed by atoms with E-state index in [0.29, 0.717) is 11.6 Å². The SMILES string of the molecule is CCCc1nc(NC)c(C)c(Oc2ccccc2CO)n1. The quantitative estimate of drug-likeness (QED) is 0.854. The van der Waals surface area contributed by atoms with E-state index in [4.69, 9.17) is 4.74 Å². The highest BCUT2D eigenvalue weighted by atomic mass is 16.5. The Labute approximate surface area is 125 Å². The third kappa shape index (κ3) is 3.49. The van der Waals surface area contributed by atoms with Crippen molar-refractivity contribution in [2.24, 2.45) is 0 Å². The summed E-state index contributed by atoms with van der Waals surface area (Å²) in [5, 5.41) is 12.4. The highest BCUT2D eigenvalue weighted by Gasteiger charge is 2.13. The molecule has 112 valence electrons. The van der Waals surface area contributed by atoms with Gasteiger partial charge in [-0.15, -0.1) is 0 Å². The molecule has 1 heterocycles. The Hall–Kier alpha value is -2.14. The number of anilines is 1. The summed E-state index contributed by atoms with van der Waals surface area (Å²) in [6, 6.07) is 7.40. The summed E-state index contributed by atoms with van der Waals surface area (Å²) in [7, 11) is 1.83. The van der Waals surface area contributed by atoms with Gasteiger partial charge in [0.1, 0.15) is 17.4 Å². The van der Waals surface area contributed by atoms with E-state index in [2.05, 4.69) is 22.2 Å². The Morgan fingerprint density at radius 2 is 2.00 bits per heavy atom. The van der Waals surface area contributed by atoms with E-state index in [0.717, 1.165) is 35.6 Å². The largest absolute Gasteiger partial charge is 0.438 e. The fourth-order valence-corrected chi connectivity index (χ4v) is 2.06. The number of aromatic nitrogens is 2. The Morgan fingerprint density at radius 3 is 2.67 bits per heavy atom. The van der Waals surface area contributed by atoms with Gasteiger partial charge in [0.2, 0.25) is 5.88 Å². The fourth-order valence-electron chi connectivity index (χ4n) is 2.06. The molecule has 0 amide bonds. The van der Waals surface area contributed by atoms with Crippen molar-refractivity contribution in [3.8, 4) is 11.6 Å². The molecule has 0 atom stereocenters. The van der Waals surface area contributed by atoms with Crippen LogP contribution < -0.4 is 10.1 Å². The van der Waals surface area contributed by atoms with Crippen molar-refractivity contribution < 1.29 is 9.84 Å². The zero-order chi connectivity index (χ0) is 15.2. The summed E-state index contributed by atoms with van der Waals surface area (Å²) in [6.45, 7) is 3.93. The number of aliphatic hydroxyl groups excluding tert-OH is 1. The first kappa shape index (κ1) is 15.3. The molecule has 2 aromatic rings. The second kappa shape index (κ2) is 7.04. The van der Waals surface area contributed by atoms with Crippen LogP contribution in [-0.2, 0) is 13.0 Å². The van der Waals surface area contributed by atoms with Crippen LogP contribution in [0.5, 0.6) is 11.6 Å². The smallest absolute Gasteiger partial charge is 0.227 e. The van der Waals surface area contributed by atoms with Crippen molar-refractivity contribution in [2.75, 3.05) is 12.4 Å². The molecule has 0 aliphatic heterocycles. The van der Waals surface area contributed by atoms with Gasteiger partial charge in [-0.3, -0.25) is 0 Å². The minimum atomic E-state index is -0.0684. The summed E-state index contributed by atoms with van der Waals surface area (Å²) in [5.74, 6) is 2.67. The van der Waals surface area contributed by atoms with Gasteiger partial charge in [-0.05, 0) is 19.4 Å². The lowest BCUT2D eigenvalue weighted by molar-refractivity contribution is 0.276. The lowest BCUT2D eigenvalue weighted by atomic mass is 10.2. The Bertz CT molecular complexity index is 614. The molecular formula is C16H21N3O2. The number of para-hydroxylation sites is 1. The van der Waals surface area contributed by atoms with E-state index in [1.807, 2.05) is 38.2 Å². The van der Waals surface area contributed by atoms with E-state index in [1.54, 1.807) is 0 Å². The molecule has 21 heavy (non-hydrogen) atoms. The zero-order valence-electron chi connectivity index (χ0n) is 12.7. The Kier molecular flexibility index (Phi) is 5.11. The maximum Gasteiger partial charge on any atom is 0.227 e. The minimum Gasteiger partial charge on any atom is -0.438 e. The molecule has 1 aromatic heterocycles. The van der Waals surface area contributed by atoms with Crippen LogP contribution in [0.25, 0.3) is 0 Å². The first-order valence-corrected chi connectivity index (χ1v) is 7.11. The Morgan fingerprint density at radius 1 is 1.24 bits per heavy atom. The van der Waals surface area contributed by atoms with Crippen LogP contribution in [0.15, 0.2) is 24.3 Å². The molecule has 5 heteroatoms. The van der Waals surface area contributed by atoms with Crippen LogP contribution in [-0.4, -0.2) is 22.1 Å². The molecule has 0 spiro atoms. The second-order valence-corrected chi connectivity index (χ2v) is 4.79. The van der Waals surface area contributed by atoms with Crippen molar-refractivity contribution in [2.45, 2.75) is 33.3 Å². The molecule has 0 aliphatic carbocycles. The summed E-state index contributed by atoms with van der Waals surface area (Å²) >= 11 is 0. The molecule has 0 bridgehead atoms. The van der Waals surface area contributed by atoms with Crippen molar-refractivity contribution in [3.05, 3.63) is 41.2 Å². The van der Waals surface area contributed by atoms with Crippen LogP contribution in [0.1, 0.15) is 30.3 Å². The van der Waals surface area contributed by atoms with E-state index in [-0.39, 0.29) is 6.61 Å². The van der Waals surface area contributed by atoms with Gasteiger partial charge >= 0.3 is 0 Å². The van der Waals surface area contributed by atoms with Gasteiger partial charge in [0, 0.05) is 19.0 Å². The van der Waals surface area contributed by atoms with Crippen LogP contribution in [0.3, 0.4) is 0 Å². The van der Waals surface area contributed by atoms with Gasteiger partial charge in [-0.1, -0.05) is 25.1 Å². The Balaban J connectivity index is 2.40. The molecule has 0 saturated carbocycles. The van der Waals surface area contributed by atoms with Crippen LogP contribution in [0.2, 0.25) is 0 Å². The topological polar surface area (TPSA) is 67.3 Å². The van der Waals surface area contributed by atoms with Crippen LogP contribution in [0, 0.1) is 6.92 Å². The molecule has 0 radical (unpaired) electrons. The third-order valence-electron chi connectivity index (χ3n) is 3.21. The summed E-state index contributed by atoms with van der Waals surface area (Å²) in [6.07, 6.45) is 1.77. The number of aliphatic hydroxyl groups is 1. The molecule has 2 N–H and O–H groups in total. The molecule has 5 nitrogen and oxygen atoms in total. The second-order valence-electron chi connectivity index (χ2n) is 4.79. The average Bonchev–Trinajstić information content (AvgIpc) is 2.51. The summed E-state index contributed by atoms with van der Waals surface area (Å²) in [5.41, 5.74) is 1.59. The predicted molar refractivity (Wildman–Crippen MR) is 82.7 cm³/mol. The number of hydrogen-bond acceptors (Lipinski definition) is 5. The van der Waals surface area contributed by atoms with Gasteiger partial charge in [0.05, 0.1) is 12.2 Å². The lowest BCUT2D eigenvalue weighted by Gasteiger charge is -2.14. The highest BCUT2D eigenvalue weighted by Crippen LogP contribution is 2.29. The minimum absolute atomic E-state index is 0.0684. The van der Waals surface area contributed by atoms with Crippen LogP contribution in [0.4, 0.5) is 5.82 Å². The van der Waals surface area contributed by atoms with Gasteiger partial charge < -0.3 is 15.2 Å². The van der Waals surface area contributed by atoms with Gasteiger partial charge in [0.25, 0.3) is 0 Å². The van der Waals surface area contributed by atoms with Gasteiger partial charge in [-0.2, -0.15) is 4.98 Å². The van der Waals surface area contributed by atoms with Gasteiger partial charge in [-0.25, -0.2) is 4.98 Å². The van der Waals surface area contributed by atoms with E-state index in [1.165, 1.54) is 0 Å². The normalized spacial score (nSPS) is 10.5. The average molecular weight is 287 g/mol. The third-order valence-corrected chi connectivity index (χ3v) is 3.21. The summed E-state index contributed by atoms with van der Waals surface area (Å²) < 4.78 is 5.91. The number of nitrogens with one attached hydrogen (secondary N) is 1. The molecule has 0 fully saturated rings. The number of aryl methyl sites for hydroxylation is 1. The molecular weight excluding hydrogens is 266 g/mol. The number of ether oxygens (including phenoxy) is 1. The lowest BCUT2D eigenvalue weighted by Crippen LogP contribution is -2.06. The maximum absolute atomic E-state index is 9.38. The first-order chi connectivity index (χ1) is 10.2. The van der Waals surface area contributed by atoms with Crippen molar-refractivity contribution in [1.29, 1.82) is 0 Å². The number of rotatable bonds is 6. The zero-order valence-corrected chi connectivity index (χ0v) is 12.7. The summed E-state index contributed by atoms with van der Waals surface area (Å²) in [4.78, 5) is 8.96. The number of nitrogens with zero attached hydrogens (tertiary/aromatic N) is 2. The molecule has 0 saturated heterocycles.